The highest BCUT2D eigenvalue weighted by molar-refractivity contribution is 7.89. The van der Waals surface area contributed by atoms with Gasteiger partial charge in [-0.2, -0.15) is 18.9 Å². The molecule has 37 heavy (non-hydrogen) atoms. The van der Waals surface area contributed by atoms with E-state index < -0.39 is 22.1 Å². The first-order valence-corrected chi connectivity index (χ1v) is 12.9. The van der Waals surface area contributed by atoms with Crippen molar-refractivity contribution in [1.82, 2.24) is 23.9 Å². The summed E-state index contributed by atoms with van der Waals surface area (Å²) >= 11 is 0. The summed E-state index contributed by atoms with van der Waals surface area (Å²) in [5, 5.41) is 4.36. The standard InChI is InChI=1S/C24H23F3N6O3S/c1-17-21(14-18-6-3-2-4-7-18)22(33-23(30-17)28-16-29-33)31-10-12-32(13-11-31)37(34,35)20-9-5-8-19(15-20)36-24(25,26)27/h2-9,15-16H,10-14H2,1H3. The molecule has 194 valence electrons. The molecule has 13 heteroatoms. The van der Waals surface area contributed by atoms with Crippen LogP contribution in [0.5, 0.6) is 5.75 Å². The third-order valence-electron chi connectivity index (χ3n) is 6.14. The largest absolute Gasteiger partial charge is 0.573 e. The van der Waals surface area contributed by atoms with Crippen LogP contribution in [0.2, 0.25) is 0 Å². The summed E-state index contributed by atoms with van der Waals surface area (Å²) in [6, 6.07) is 14.3. The van der Waals surface area contributed by atoms with Gasteiger partial charge < -0.3 is 9.64 Å². The maximum absolute atomic E-state index is 13.2. The van der Waals surface area contributed by atoms with Crippen LogP contribution < -0.4 is 9.64 Å². The molecule has 5 rings (SSSR count). The van der Waals surface area contributed by atoms with Gasteiger partial charge in [0, 0.05) is 49.9 Å². The molecule has 2 aromatic carbocycles. The fourth-order valence-electron chi connectivity index (χ4n) is 4.42. The van der Waals surface area contributed by atoms with E-state index in [9.17, 15) is 21.6 Å². The highest BCUT2D eigenvalue weighted by atomic mass is 32.2. The first-order chi connectivity index (χ1) is 17.6. The first-order valence-electron chi connectivity index (χ1n) is 11.5. The van der Waals surface area contributed by atoms with Gasteiger partial charge in [-0.15, -0.1) is 13.2 Å². The molecule has 1 aliphatic rings. The second-order valence-electron chi connectivity index (χ2n) is 8.55. The summed E-state index contributed by atoms with van der Waals surface area (Å²) in [4.78, 5) is 10.6. The van der Waals surface area contributed by atoms with Crippen LogP contribution in [-0.2, 0) is 16.4 Å². The van der Waals surface area contributed by atoms with Crippen LogP contribution in [0.15, 0.2) is 65.8 Å². The minimum Gasteiger partial charge on any atom is -0.406 e. The maximum atomic E-state index is 13.2. The topological polar surface area (TPSA) is 92.9 Å². The zero-order valence-electron chi connectivity index (χ0n) is 19.8. The van der Waals surface area contributed by atoms with E-state index in [1.54, 1.807) is 4.52 Å². The first kappa shape index (κ1) is 25.0. The van der Waals surface area contributed by atoms with Crippen molar-refractivity contribution in [2.45, 2.75) is 24.6 Å². The molecule has 0 spiro atoms. The van der Waals surface area contributed by atoms with E-state index in [1.807, 2.05) is 42.2 Å². The molecule has 0 unspecified atom stereocenters. The van der Waals surface area contributed by atoms with E-state index in [1.165, 1.54) is 22.8 Å². The number of alkyl halides is 3. The fraction of sp³-hybridized carbons (Fsp3) is 0.292. The third-order valence-corrected chi connectivity index (χ3v) is 8.04. The number of ether oxygens (including phenoxy) is 1. The maximum Gasteiger partial charge on any atom is 0.573 e. The number of fused-ring (bicyclic) bond motifs is 1. The van der Waals surface area contributed by atoms with Crippen molar-refractivity contribution < 1.29 is 26.3 Å². The molecule has 0 amide bonds. The number of aromatic nitrogens is 4. The van der Waals surface area contributed by atoms with Gasteiger partial charge in [0.05, 0.1) is 4.90 Å². The molecule has 0 N–H and O–H groups in total. The molecule has 4 aromatic rings. The van der Waals surface area contributed by atoms with Gasteiger partial charge in [0.1, 0.15) is 17.9 Å². The number of anilines is 1. The van der Waals surface area contributed by atoms with Crippen molar-refractivity contribution in [2.24, 2.45) is 0 Å². The van der Waals surface area contributed by atoms with Gasteiger partial charge >= 0.3 is 6.36 Å². The Balaban J connectivity index is 1.41. The molecule has 0 radical (unpaired) electrons. The smallest absolute Gasteiger partial charge is 0.406 e. The van der Waals surface area contributed by atoms with Gasteiger partial charge in [-0.1, -0.05) is 36.4 Å². The van der Waals surface area contributed by atoms with E-state index in [-0.39, 0.29) is 18.0 Å². The van der Waals surface area contributed by atoms with Crippen LogP contribution >= 0.6 is 0 Å². The van der Waals surface area contributed by atoms with Crippen molar-refractivity contribution in [3.63, 3.8) is 0 Å². The van der Waals surface area contributed by atoms with Crippen molar-refractivity contribution in [2.75, 3.05) is 31.1 Å². The minimum atomic E-state index is -4.92. The number of hydrogen-bond acceptors (Lipinski definition) is 7. The van der Waals surface area contributed by atoms with Crippen LogP contribution in [0.25, 0.3) is 5.78 Å². The lowest BCUT2D eigenvalue weighted by atomic mass is 10.0. The number of nitrogens with zero attached hydrogens (tertiary/aromatic N) is 6. The lowest BCUT2D eigenvalue weighted by molar-refractivity contribution is -0.274. The molecular weight excluding hydrogens is 509 g/mol. The SMILES string of the molecule is Cc1nc2ncnn2c(N2CCN(S(=O)(=O)c3cccc(OC(F)(F)F)c3)CC2)c1Cc1ccccc1. The molecule has 1 aliphatic heterocycles. The minimum absolute atomic E-state index is 0.134. The molecular formula is C24H23F3N6O3S. The number of halogens is 3. The Morgan fingerprint density at radius 2 is 1.73 bits per heavy atom. The predicted octanol–water partition coefficient (Wildman–Crippen LogP) is 3.43. The normalized spacial score (nSPS) is 15.3. The number of benzene rings is 2. The summed E-state index contributed by atoms with van der Waals surface area (Å²) < 4.78 is 71.1. The van der Waals surface area contributed by atoms with Crippen LogP contribution in [-0.4, -0.2) is 64.8 Å². The highest BCUT2D eigenvalue weighted by Crippen LogP contribution is 2.30. The van der Waals surface area contributed by atoms with E-state index in [0.717, 1.165) is 34.8 Å². The van der Waals surface area contributed by atoms with Crippen molar-refractivity contribution in [3.05, 3.63) is 77.7 Å². The van der Waals surface area contributed by atoms with Crippen molar-refractivity contribution >= 4 is 21.6 Å². The lowest BCUT2D eigenvalue weighted by Gasteiger charge is -2.36. The zero-order chi connectivity index (χ0) is 26.2. The van der Waals surface area contributed by atoms with E-state index in [4.69, 9.17) is 0 Å². The molecule has 0 aliphatic carbocycles. The molecule has 2 aromatic heterocycles. The van der Waals surface area contributed by atoms with Gasteiger partial charge in [0.2, 0.25) is 10.0 Å². The summed E-state index contributed by atoms with van der Waals surface area (Å²) in [5.41, 5.74) is 2.85. The quantitative estimate of drug-likeness (QED) is 0.376. The molecule has 9 nitrogen and oxygen atoms in total. The zero-order valence-corrected chi connectivity index (χ0v) is 20.6. The van der Waals surface area contributed by atoms with Crippen molar-refractivity contribution in [1.29, 1.82) is 0 Å². The molecule has 1 fully saturated rings. The van der Waals surface area contributed by atoms with Crippen LogP contribution in [0.4, 0.5) is 19.0 Å². The monoisotopic (exact) mass is 532 g/mol. The summed E-state index contributed by atoms with van der Waals surface area (Å²) in [5.74, 6) is 0.654. The average Bonchev–Trinajstić information content (AvgIpc) is 3.32. The number of rotatable bonds is 6. The fourth-order valence-corrected chi connectivity index (χ4v) is 5.88. The average molecular weight is 533 g/mol. The van der Waals surface area contributed by atoms with Gasteiger partial charge in [0.15, 0.2) is 0 Å². The molecule has 0 bridgehead atoms. The Hall–Kier alpha value is -3.71. The van der Waals surface area contributed by atoms with E-state index >= 15 is 0 Å². The number of piperazine rings is 1. The summed E-state index contributed by atoms with van der Waals surface area (Å²) in [6.45, 7) is 2.87. The Morgan fingerprint density at radius 3 is 2.43 bits per heavy atom. The Labute approximate surface area is 211 Å². The highest BCUT2D eigenvalue weighted by Gasteiger charge is 2.34. The van der Waals surface area contributed by atoms with E-state index in [0.29, 0.717) is 25.3 Å². The molecule has 3 heterocycles. The Kier molecular flexibility index (Phi) is 6.50. The lowest BCUT2D eigenvalue weighted by Crippen LogP contribution is -2.49. The second-order valence-corrected chi connectivity index (χ2v) is 10.5. The molecule has 1 saturated heterocycles. The third kappa shape index (κ3) is 5.23. The Bertz CT molecular complexity index is 1520. The van der Waals surface area contributed by atoms with Gasteiger partial charge in [-0.3, -0.25) is 0 Å². The summed E-state index contributed by atoms with van der Waals surface area (Å²) in [6.07, 6.45) is -2.88. The van der Waals surface area contributed by atoms with E-state index in [2.05, 4.69) is 19.8 Å². The number of aryl methyl sites for hydroxylation is 1. The molecule has 0 saturated carbocycles. The number of hydrogen-bond donors (Lipinski definition) is 0. The number of sulfonamides is 1. The van der Waals surface area contributed by atoms with Gasteiger partial charge in [0.25, 0.3) is 5.78 Å². The van der Waals surface area contributed by atoms with Gasteiger partial charge in [-0.05, 0) is 24.6 Å². The van der Waals surface area contributed by atoms with Crippen molar-refractivity contribution in [3.8, 4) is 5.75 Å². The predicted molar refractivity (Wildman–Crippen MR) is 129 cm³/mol. The van der Waals surface area contributed by atoms with Gasteiger partial charge in [-0.25, -0.2) is 13.4 Å². The second kappa shape index (κ2) is 9.63. The summed E-state index contributed by atoms with van der Waals surface area (Å²) in [7, 11) is -4.03. The van der Waals surface area contributed by atoms with Crippen LogP contribution in [0.3, 0.4) is 0 Å². The molecule has 0 atom stereocenters. The van der Waals surface area contributed by atoms with Crippen LogP contribution in [0.1, 0.15) is 16.8 Å². The van der Waals surface area contributed by atoms with Crippen LogP contribution in [0, 0.1) is 6.92 Å². The Morgan fingerprint density at radius 1 is 1.00 bits per heavy atom.